The maximum atomic E-state index is 13.1. The number of benzene rings is 4. The van der Waals surface area contributed by atoms with E-state index < -0.39 is 39.2 Å². The molecule has 0 radical (unpaired) electrons. The summed E-state index contributed by atoms with van der Waals surface area (Å²) in [4.78, 5) is 12.5. The Morgan fingerprint density at radius 3 is 2.14 bits per heavy atom. The fourth-order valence-corrected chi connectivity index (χ4v) is 4.47. The lowest BCUT2D eigenvalue weighted by atomic mass is 10.0. The molecule has 1 amide bonds. The molecular weight excluding hydrogens is 512 g/mol. The van der Waals surface area contributed by atoms with E-state index >= 15 is 0 Å². The highest BCUT2D eigenvalue weighted by atomic mass is 32.2. The van der Waals surface area contributed by atoms with Gasteiger partial charge >= 0.3 is 6.18 Å². The zero-order valence-corrected chi connectivity index (χ0v) is 19.6. The lowest BCUT2D eigenvalue weighted by molar-refractivity contribution is -0.137. The van der Waals surface area contributed by atoms with Crippen LogP contribution in [0.3, 0.4) is 0 Å². The van der Waals surface area contributed by atoms with Gasteiger partial charge in [-0.25, -0.2) is 12.8 Å². The molecule has 4 aromatic rings. The third kappa shape index (κ3) is 6.07. The van der Waals surface area contributed by atoms with Crippen LogP contribution in [0.2, 0.25) is 0 Å². The molecule has 0 atom stereocenters. The quantitative estimate of drug-likeness (QED) is 0.156. The first kappa shape index (κ1) is 25.7. The summed E-state index contributed by atoms with van der Waals surface area (Å²) in [6.45, 7) is 0. The Morgan fingerprint density at radius 2 is 1.49 bits per heavy atom. The molecule has 0 aliphatic carbocycles. The zero-order valence-electron chi connectivity index (χ0n) is 18.8. The SMILES string of the molecule is O=C(Nc1ccc(O)c(NS(=O)(=O)c2ccc(F)cc2)c1)c1ccc(-c2cccc(C(F)(F)F)c2)cc1. The summed E-state index contributed by atoms with van der Waals surface area (Å²) >= 11 is 0. The summed E-state index contributed by atoms with van der Waals surface area (Å²) in [6, 6.07) is 18.5. The molecule has 0 saturated heterocycles. The van der Waals surface area contributed by atoms with E-state index in [0.717, 1.165) is 36.4 Å². The molecular formula is C26H18F4N2O4S. The number of halogens is 4. The van der Waals surface area contributed by atoms with Crippen LogP contribution in [0.1, 0.15) is 15.9 Å². The minimum Gasteiger partial charge on any atom is -0.506 e. The number of carbonyl (C=O) groups excluding carboxylic acids is 1. The van der Waals surface area contributed by atoms with Gasteiger partial charge in [-0.05, 0) is 77.9 Å². The van der Waals surface area contributed by atoms with Gasteiger partial charge in [0.15, 0.2) is 0 Å². The van der Waals surface area contributed by atoms with Gasteiger partial charge < -0.3 is 10.4 Å². The molecule has 3 N–H and O–H groups in total. The van der Waals surface area contributed by atoms with Crippen LogP contribution in [0.5, 0.6) is 5.75 Å². The van der Waals surface area contributed by atoms with Crippen molar-refractivity contribution in [2.45, 2.75) is 11.1 Å². The Morgan fingerprint density at radius 1 is 0.811 bits per heavy atom. The van der Waals surface area contributed by atoms with Gasteiger partial charge in [-0.2, -0.15) is 13.2 Å². The lowest BCUT2D eigenvalue weighted by Gasteiger charge is -2.12. The van der Waals surface area contributed by atoms with Gasteiger partial charge in [-0.3, -0.25) is 9.52 Å². The third-order valence-electron chi connectivity index (χ3n) is 5.29. The van der Waals surface area contributed by atoms with Crippen molar-refractivity contribution in [1.29, 1.82) is 0 Å². The summed E-state index contributed by atoms with van der Waals surface area (Å²) in [5, 5.41) is 12.6. The number of phenols is 1. The first-order chi connectivity index (χ1) is 17.4. The number of alkyl halides is 3. The Kier molecular flexibility index (Phi) is 6.90. The lowest BCUT2D eigenvalue weighted by Crippen LogP contribution is -2.14. The van der Waals surface area contributed by atoms with Crippen molar-refractivity contribution in [1.82, 2.24) is 0 Å². The van der Waals surface area contributed by atoms with Gasteiger partial charge in [-0.15, -0.1) is 0 Å². The maximum absolute atomic E-state index is 13.1. The van der Waals surface area contributed by atoms with E-state index in [0.29, 0.717) is 11.1 Å². The number of sulfonamides is 1. The number of hydrogen-bond donors (Lipinski definition) is 3. The van der Waals surface area contributed by atoms with E-state index in [1.807, 2.05) is 0 Å². The standard InChI is InChI=1S/C26H18F4N2O4S/c27-20-8-11-22(12-9-20)37(35,36)32-23-15-21(10-13-24(23)33)31-25(34)17-6-4-16(5-7-17)18-2-1-3-19(14-18)26(28,29)30/h1-15,32-33H,(H,31,34). The van der Waals surface area contributed by atoms with Crippen molar-refractivity contribution in [3.8, 4) is 16.9 Å². The second kappa shape index (κ2) is 9.94. The number of rotatable bonds is 6. The van der Waals surface area contributed by atoms with Crippen molar-refractivity contribution >= 4 is 27.3 Å². The molecule has 190 valence electrons. The van der Waals surface area contributed by atoms with Gasteiger partial charge in [0, 0.05) is 11.3 Å². The molecule has 0 unspecified atom stereocenters. The van der Waals surface area contributed by atoms with Crippen molar-refractivity contribution in [2.75, 3.05) is 10.0 Å². The van der Waals surface area contributed by atoms with Gasteiger partial charge in [-0.1, -0.05) is 24.3 Å². The van der Waals surface area contributed by atoms with Crippen LogP contribution in [-0.2, 0) is 16.2 Å². The molecule has 0 saturated carbocycles. The van der Waals surface area contributed by atoms with Crippen LogP contribution in [-0.4, -0.2) is 19.4 Å². The first-order valence-corrected chi connectivity index (χ1v) is 12.1. The fraction of sp³-hybridized carbons (Fsp3) is 0.0385. The molecule has 37 heavy (non-hydrogen) atoms. The molecule has 4 rings (SSSR count). The highest BCUT2D eigenvalue weighted by Crippen LogP contribution is 2.33. The van der Waals surface area contributed by atoms with Crippen molar-refractivity contribution < 1.29 is 35.9 Å². The van der Waals surface area contributed by atoms with E-state index in [-0.39, 0.29) is 21.8 Å². The summed E-state index contributed by atoms with van der Waals surface area (Å²) in [6.07, 6.45) is -4.48. The second-order valence-corrected chi connectivity index (χ2v) is 9.58. The summed E-state index contributed by atoms with van der Waals surface area (Å²) in [5.74, 6) is -1.60. The largest absolute Gasteiger partial charge is 0.506 e. The topological polar surface area (TPSA) is 95.5 Å². The molecule has 0 spiro atoms. The van der Waals surface area contributed by atoms with Crippen molar-refractivity contribution in [2.24, 2.45) is 0 Å². The van der Waals surface area contributed by atoms with Crippen LogP contribution in [0, 0.1) is 5.82 Å². The Balaban J connectivity index is 1.50. The molecule has 0 aliphatic heterocycles. The molecule has 0 fully saturated rings. The average molecular weight is 530 g/mol. The number of amides is 1. The van der Waals surface area contributed by atoms with Crippen LogP contribution >= 0.6 is 0 Å². The molecule has 0 bridgehead atoms. The van der Waals surface area contributed by atoms with Gasteiger partial charge in [0.2, 0.25) is 0 Å². The first-order valence-electron chi connectivity index (χ1n) is 10.6. The van der Waals surface area contributed by atoms with Crippen LogP contribution < -0.4 is 10.0 Å². The summed E-state index contributed by atoms with van der Waals surface area (Å²) in [7, 11) is -4.15. The number of phenolic OH excluding ortho intramolecular Hbond substituents is 1. The minimum atomic E-state index is -4.48. The molecule has 0 aliphatic rings. The van der Waals surface area contributed by atoms with Gasteiger partial charge in [0.1, 0.15) is 11.6 Å². The number of hydrogen-bond acceptors (Lipinski definition) is 4. The predicted molar refractivity (Wildman–Crippen MR) is 130 cm³/mol. The number of nitrogens with one attached hydrogen (secondary N) is 2. The number of anilines is 2. The Labute approximate surface area is 209 Å². The third-order valence-corrected chi connectivity index (χ3v) is 6.67. The van der Waals surface area contributed by atoms with Gasteiger partial charge in [0.25, 0.3) is 15.9 Å². The maximum Gasteiger partial charge on any atom is 0.416 e. The van der Waals surface area contributed by atoms with E-state index in [9.17, 15) is 35.9 Å². The van der Waals surface area contributed by atoms with E-state index in [4.69, 9.17) is 0 Å². The minimum absolute atomic E-state index is 0.154. The highest BCUT2D eigenvalue weighted by Gasteiger charge is 2.30. The average Bonchev–Trinajstić information content (AvgIpc) is 2.86. The van der Waals surface area contributed by atoms with Crippen LogP contribution in [0.25, 0.3) is 11.1 Å². The number of carbonyl (C=O) groups is 1. The normalized spacial score (nSPS) is 11.7. The van der Waals surface area contributed by atoms with Gasteiger partial charge in [0.05, 0.1) is 16.1 Å². The summed E-state index contributed by atoms with van der Waals surface area (Å²) in [5.41, 5.74) is 0.147. The van der Waals surface area contributed by atoms with E-state index in [1.165, 1.54) is 54.6 Å². The predicted octanol–water partition coefficient (Wildman–Crippen LogP) is 6.27. The molecule has 6 nitrogen and oxygen atoms in total. The van der Waals surface area contributed by atoms with E-state index in [2.05, 4.69) is 10.0 Å². The Hall–Kier alpha value is -4.38. The van der Waals surface area contributed by atoms with Crippen molar-refractivity contribution in [3.05, 3.63) is 108 Å². The monoisotopic (exact) mass is 530 g/mol. The second-order valence-electron chi connectivity index (χ2n) is 7.90. The van der Waals surface area contributed by atoms with E-state index in [1.54, 1.807) is 0 Å². The van der Waals surface area contributed by atoms with Crippen LogP contribution in [0.15, 0.2) is 95.9 Å². The molecule has 0 heterocycles. The fourth-order valence-electron chi connectivity index (χ4n) is 3.41. The highest BCUT2D eigenvalue weighted by molar-refractivity contribution is 7.92. The number of aromatic hydroxyl groups is 1. The smallest absolute Gasteiger partial charge is 0.416 e. The molecule has 4 aromatic carbocycles. The Bertz CT molecular complexity index is 1550. The molecule has 0 aromatic heterocycles. The van der Waals surface area contributed by atoms with Crippen molar-refractivity contribution in [3.63, 3.8) is 0 Å². The molecule has 11 heteroatoms. The summed E-state index contributed by atoms with van der Waals surface area (Å²) < 4.78 is 79.4. The zero-order chi connectivity index (χ0) is 26.8. The van der Waals surface area contributed by atoms with Crippen LogP contribution in [0.4, 0.5) is 28.9 Å².